The minimum atomic E-state index is -1.97. The summed E-state index contributed by atoms with van der Waals surface area (Å²) in [6.45, 7) is 32.6. The van der Waals surface area contributed by atoms with E-state index in [1.807, 2.05) is 0 Å². The lowest BCUT2D eigenvalue weighted by molar-refractivity contribution is -0.113. The predicted molar refractivity (Wildman–Crippen MR) is 172 cm³/mol. The Morgan fingerprint density at radius 1 is 0.974 bits per heavy atom. The van der Waals surface area contributed by atoms with Crippen molar-refractivity contribution in [2.24, 2.45) is 23.2 Å². The molecule has 0 amide bonds. The fourth-order valence-corrected chi connectivity index (χ4v) is 9.67. The number of hydrogen-bond acceptors (Lipinski definition) is 3. The number of aldehydes is 1. The van der Waals surface area contributed by atoms with Gasteiger partial charge in [0.25, 0.3) is 0 Å². The highest BCUT2D eigenvalue weighted by molar-refractivity contribution is 6.74. The van der Waals surface area contributed by atoms with Crippen molar-refractivity contribution in [3.63, 3.8) is 0 Å². The van der Waals surface area contributed by atoms with Crippen LogP contribution in [-0.2, 0) is 13.6 Å². The minimum absolute atomic E-state index is 0.0139. The maximum Gasteiger partial charge on any atom is 0.192 e. The lowest BCUT2D eigenvalue weighted by Crippen LogP contribution is -2.49. The van der Waals surface area contributed by atoms with Crippen LogP contribution in [0, 0.1) is 23.2 Å². The first kappa shape index (κ1) is 32.8. The molecular formula is C34H60O3Si2. The molecule has 0 radical (unpaired) electrons. The van der Waals surface area contributed by atoms with Crippen molar-refractivity contribution in [3.8, 4) is 0 Å². The number of hydrogen-bond donors (Lipinski definition) is 0. The van der Waals surface area contributed by atoms with E-state index in [0.717, 1.165) is 18.4 Å². The summed E-state index contributed by atoms with van der Waals surface area (Å²) in [6, 6.07) is 0. The summed E-state index contributed by atoms with van der Waals surface area (Å²) in [5, 5.41) is 0.323. The first-order valence-electron chi connectivity index (χ1n) is 15.6. The van der Waals surface area contributed by atoms with Gasteiger partial charge < -0.3 is 13.6 Å². The van der Waals surface area contributed by atoms with Gasteiger partial charge >= 0.3 is 0 Å². The highest BCUT2D eigenvalue weighted by Gasteiger charge is 2.51. The van der Waals surface area contributed by atoms with Gasteiger partial charge in [-0.05, 0) is 103 Å². The number of allylic oxidation sites excluding steroid dienone is 3. The maximum absolute atomic E-state index is 11.7. The van der Waals surface area contributed by atoms with Gasteiger partial charge in [-0.2, -0.15) is 0 Å². The van der Waals surface area contributed by atoms with E-state index < -0.39 is 16.6 Å². The van der Waals surface area contributed by atoms with Crippen LogP contribution in [0.3, 0.4) is 0 Å². The number of carbonyl (C=O) groups is 1. The van der Waals surface area contributed by atoms with E-state index in [1.165, 1.54) is 44.0 Å². The van der Waals surface area contributed by atoms with Crippen molar-refractivity contribution in [3.05, 3.63) is 35.5 Å². The fraction of sp³-hybridized carbons (Fsp3) is 0.794. The van der Waals surface area contributed by atoms with Crippen LogP contribution in [0.5, 0.6) is 0 Å². The molecule has 3 nitrogen and oxygen atoms in total. The Kier molecular flexibility index (Phi) is 9.65. The second kappa shape index (κ2) is 11.5. The summed E-state index contributed by atoms with van der Waals surface area (Å²) in [7, 11) is -3.89. The number of rotatable bonds is 7. The quantitative estimate of drug-likeness (QED) is 0.225. The summed E-state index contributed by atoms with van der Waals surface area (Å²) in [5.74, 6) is 1.24. The normalized spacial score (nSPS) is 33.9. The lowest BCUT2D eigenvalue weighted by Gasteiger charge is -2.45. The average Bonchev–Trinajstić information content (AvgIpc) is 3.15. The van der Waals surface area contributed by atoms with Crippen molar-refractivity contribution >= 4 is 22.9 Å². The molecule has 1 unspecified atom stereocenters. The molecule has 39 heavy (non-hydrogen) atoms. The van der Waals surface area contributed by atoms with E-state index in [-0.39, 0.29) is 33.6 Å². The van der Waals surface area contributed by atoms with E-state index in [2.05, 4.69) is 100 Å². The van der Waals surface area contributed by atoms with Gasteiger partial charge in [-0.15, -0.1) is 0 Å². The molecule has 6 atom stereocenters. The van der Waals surface area contributed by atoms with Gasteiger partial charge in [-0.1, -0.05) is 79.7 Å². The molecule has 0 spiro atoms. The predicted octanol–water partition coefficient (Wildman–Crippen LogP) is 10.0. The Morgan fingerprint density at radius 3 is 2.13 bits per heavy atom. The summed E-state index contributed by atoms with van der Waals surface area (Å²) in [5.41, 5.74) is 4.29. The van der Waals surface area contributed by atoms with Crippen molar-refractivity contribution in [1.29, 1.82) is 0 Å². The molecule has 5 heteroatoms. The van der Waals surface area contributed by atoms with Gasteiger partial charge in [-0.25, -0.2) is 0 Å². The molecule has 222 valence electrons. The third-order valence-electron chi connectivity index (χ3n) is 11.6. The van der Waals surface area contributed by atoms with Crippen molar-refractivity contribution in [2.75, 3.05) is 0 Å². The van der Waals surface area contributed by atoms with Gasteiger partial charge in [0.1, 0.15) is 6.29 Å². The van der Waals surface area contributed by atoms with Crippen molar-refractivity contribution < 1.29 is 13.6 Å². The van der Waals surface area contributed by atoms with E-state index in [1.54, 1.807) is 5.57 Å². The molecular weight excluding hydrogens is 513 g/mol. The van der Waals surface area contributed by atoms with Crippen LogP contribution in [0.4, 0.5) is 0 Å². The first-order valence-corrected chi connectivity index (χ1v) is 21.4. The van der Waals surface area contributed by atoms with Crippen LogP contribution in [-0.4, -0.2) is 35.1 Å². The van der Waals surface area contributed by atoms with Crippen LogP contribution in [0.15, 0.2) is 35.5 Å². The molecule has 3 fully saturated rings. The Morgan fingerprint density at radius 2 is 1.56 bits per heavy atom. The standard InChI is InChI=1S/C34H60O3Si2/c1-24(23-35)29-18-19-30-26(15-14-20-34(29,30)9)16-17-27-21-28(36-38(10,11)32(3,4)5)22-31(25(27)2)37-39(12,13)33(6,7)8/h16-17,23-24,28-31H,2,14-15,18-22H2,1,3-13H3/b26-16-,27-17+/t24?,28-,29-,30+,31+,34-/m1/s1. The molecule has 0 saturated heterocycles. The Hall–Kier alpha value is -0.756. The number of fused-ring (bicyclic) bond motifs is 1. The van der Waals surface area contributed by atoms with Gasteiger partial charge in [-0.3, -0.25) is 0 Å². The molecule has 3 aliphatic rings. The largest absolute Gasteiger partial charge is 0.413 e. The summed E-state index contributed by atoms with van der Waals surface area (Å²) >= 11 is 0. The third-order valence-corrected chi connectivity index (χ3v) is 20.6. The van der Waals surface area contributed by atoms with Gasteiger partial charge in [0.15, 0.2) is 16.6 Å². The van der Waals surface area contributed by atoms with E-state index in [9.17, 15) is 4.79 Å². The van der Waals surface area contributed by atoms with Crippen LogP contribution < -0.4 is 0 Å². The van der Waals surface area contributed by atoms with E-state index >= 15 is 0 Å². The summed E-state index contributed by atoms with van der Waals surface area (Å²) in [4.78, 5) is 11.7. The van der Waals surface area contributed by atoms with Crippen LogP contribution in [0.1, 0.15) is 100 Å². The Bertz CT molecular complexity index is 977. The summed E-state index contributed by atoms with van der Waals surface area (Å²) in [6.07, 6.45) is 14.0. The third kappa shape index (κ3) is 6.84. The zero-order valence-corrected chi connectivity index (χ0v) is 29.5. The molecule has 0 aromatic carbocycles. The topological polar surface area (TPSA) is 35.5 Å². The molecule has 3 rings (SSSR count). The second-order valence-corrected chi connectivity index (χ2v) is 25.9. The van der Waals surface area contributed by atoms with Gasteiger partial charge in [0.2, 0.25) is 0 Å². The molecule has 0 heterocycles. The highest BCUT2D eigenvalue weighted by atomic mass is 28.4. The summed E-state index contributed by atoms with van der Waals surface area (Å²) < 4.78 is 14.0. The zero-order valence-electron chi connectivity index (χ0n) is 27.5. The van der Waals surface area contributed by atoms with E-state index in [0.29, 0.717) is 11.8 Å². The highest BCUT2D eigenvalue weighted by Crippen LogP contribution is 2.59. The molecule has 3 saturated carbocycles. The molecule has 0 aromatic heterocycles. The zero-order chi connectivity index (χ0) is 29.6. The molecule has 0 N–H and O–H groups in total. The fourth-order valence-electron chi connectivity index (χ4n) is 7.00. The smallest absolute Gasteiger partial charge is 0.192 e. The Labute approximate surface area is 243 Å². The molecule has 3 aliphatic carbocycles. The first-order chi connectivity index (χ1) is 17.7. The van der Waals surface area contributed by atoms with Crippen molar-refractivity contribution in [2.45, 2.75) is 149 Å². The Balaban J connectivity index is 1.93. The maximum atomic E-state index is 11.7. The molecule has 0 bridgehead atoms. The monoisotopic (exact) mass is 572 g/mol. The van der Waals surface area contributed by atoms with Crippen LogP contribution >= 0.6 is 0 Å². The van der Waals surface area contributed by atoms with Crippen LogP contribution in [0.25, 0.3) is 0 Å². The molecule has 0 aliphatic heterocycles. The average molecular weight is 573 g/mol. The van der Waals surface area contributed by atoms with Crippen LogP contribution in [0.2, 0.25) is 36.3 Å². The van der Waals surface area contributed by atoms with Gasteiger partial charge in [0.05, 0.1) is 12.2 Å². The SMILES string of the molecule is C=C1/C(=C/C=C2/CCC[C@]3(C)[C@@H](C(C)C=O)CC[C@@H]23)C[C@@H](O[Si](C)(C)C(C)(C)C)C[C@@H]1O[Si](C)(C)C(C)(C)C. The molecule has 0 aromatic rings. The minimum Gasteiger partial charge on any atom is -0.413 e. The van der Waals surface area contributed by atoms with Crippen molar-refractivity contribution in [1.82, 2.24) is 0 Å². The van der Waals surface area contributed by atoms with Gasteiger partial charge in [0, 0.05) is 12.3 Å². The lowest BCUT2D eigenvalue weighted by atomic mass is 9.61. The van der Waals surface area contributed by atoms with E-state index in [4.69, 9.17) is 8.85 Å². The number of carbonyl (C=O) groups excluding carboxylic acids is 1. The second-order valence-electron chi connectivity index (χ2n) is 16.4.